The molecular formula is C14H17Br2N3O. The van der Waals surface area contributed by atoms with Gasteiger partial charge in [-0.25, -0.2) is 0 Å². The molecule has 2 aromatic rings. The van der Waals surface area contributed by atoms with Gasteiger partial charge in [0, 0.05) is 20.9 Å². The highest BCUT2D eigenvalue weighted by Gasteiger charge is 2.09. The summed E-state index contributed by atoms with van der Waals surface area (Å²) in [7, 11) is 0. The monoisotopic (exact) mass is 401 g/mol. The van der Waals surface area contributed by atoms with Crippen molar-refractivity contribution >= 4 is 31.9 Å². The molecule has 0 unspecified atom stereocenters. The first kappa shape index (κ1) is 15.7. The van der Waals surface area contributed by atoms with Crippen molar-refractivity contribution in [3.63, 3.8) is 0 Å². The summed E-state index contributed by atoms with van der Waals surface area (Å²) in [5.41, 5.74) is 0.911. The van der Waals surface area contributed by atoms with Crippen LogP contribution in [0.15, 0.2) is 31.6 Å². The van der Waals surface area contributed by atoms with E-state index in [0.29, 0.717) is 11.8 Å². The number of benzene rings is 1. The van der Waals surface area contributed by atoms with Gasteiger partial charge in [-0.15, -0.1) is 10.2 Å². The average Bonchev–Trinajstić information content (AvgIpc) is 2.86. The fraction of sp³-hybridized carbons (Fsp3) is 0.429. The Kier molecular flexibility index (Phi) is 6.19. The predicted octanol–water partition coefficient (Wildman–Crippen LogP) is 4.19. The standard InChI is InChI=1S/C14H17Br2N3O/c1-2-5-17-6-3-4-13-18-19-14(20-13)10-7-11(15)9-12(16)8-10/h7-9,17H,2-6H2,1H3. The summed E-state index contributed by atoms with van der Waals surface area (Å²) in [4.78, 5) is 0. The summed E-state index contributed by atoms with van der Waals surface area (Å²) in [5.74, 6) is 1.25. The lowest BCUT2D eigenvalue weighted by Crippen LogP contribution is -2.16. The second kappa shape index (κ2) is 7.90. The van der Waals surface area contributed by atoms with Crippen LogP contribution in [0.5, 0.6) is 0 Å². The highest BCUT2D eigenvalue weighted by molar-refractivity contribution is 9.11. The fourth-order valence-corrected chi connectivity index (χ4v) is 3.11. The van der Waals surface area contributed by atoms with E-state index in [-0.39, 0.29) is 0 Å². The second-order valence-corrected chi connectivity index (χ2v) is 6.34. The van der Waals surface area contributed by atoms with Crippen LogP contribution in [-0.2, 0) is 6.42 Å². The van der Waals surface area contributed by atoms with Crippen LogP contribution >= 0.6 is 31.9 Å². The van der Waals surface area contributed by atoms with Crippen molar-refractivity contribution < 1.29 is 4.42 Å². The molecule has 0 saturated carbocycles. The highest BCUT2D eigenvalue weighted by atomic mass is 79.9. The number of nitrogens with zero attached hydrogens (tertiary/aromatic N) is 2. The lowest BCUT2D eigenvalue weighted by atomic mass is 10.2. The molecule has 1 heterocycles. The summed E-state index contributed by atoms with van der Waals surface area (Å²) >= 11 is 6.91. The Labute approximate surface area is 135 Å². The zero-order valence-electron chi connectivity index (χ0n) is 11.3. The van der Waals surface area contributed by atoms with Crippen molar-refractivity contribution in [3.8, 4) is 11.5 Å². The molecular weight excluding hydrogens is 386 g/mol. The molecule has 0 aliphatic rings. The van der Waals surface area contributed by atoms with Gasteiger partial charge in [-0.05, 0) is 44.1 Å². The second-order valence-electron chi connectivity index (χ2n) is 4.51. The third-order valence-electron chi connectivity index (χ3n) is 2.75. The zero-order chi connectivity index (χ0) is 14.4. The molecule has 0 atom stereocenters. The zero-order valence-corrected chi connectivity index (χ0v) is 14.5. The van der Waals surface area contributed by atoms with E-state index in [2.05, 4.69) is 54.3 Å². The van der Waals surface area contributed by atoms with Gasteiger partial charge < -0.3 is 9.73 Å². The minimum Gasteiger partial charge on any atom is -0.421 e. The molecule has 0 spiro atoms. The van der Waals surface area contributed by atoms with Crippen LogP contribution < -0.4 is 5.32 Å². The Bertz CT molecular complexity index is 537. The van der Waals surface area contributed by atoms with Gasteiger partial charge in [-0.2, -0.15) is 0 Å². The Morgan fingerprint density at radius 2 is 1.85 bits per heavy atom. The van der Waals surface area contributed by atoms with Gasteiger partial charge in [0.1, 0.15) is 0 Å². The molecule has 1 aromatic heterocycles. The van der Waals surface area contributed by atoms with Crippen LogP contribution in [0, 0.1) is 0 Å². The average molecular weight is 403 g/mol. The first-order valence-electron chi connectivity index (χ1n) is 6.68. The van der Waals surface area contributed by atoms with Crippen LogP contribution in [0.3, 0.4) is 0 Å². The molecule has 20 heavy (non-hydrogen) atoms. The molecule has 6 heteroatoms. The van der Waals surface area contributed by atoms with E-state index in [1.807, 2.05) is 18.2 Å². The van der Waals surface area contributed by atoms with E-state index in [1.54, 1.807) is 0 Å². The molecule has 0 aliphatic carbocycles. The number of aryl methyl sites for hydroxylation is 1. The van der Waals surface area contributed by atoms with E-state index in [0.717, 1.165) is 46.9 Å². The maximum atomic E-state index is 5.69. The smallest absolute Gasteiger partial charge is 0.247 e. The highest BCUT2D eigenvalue weighted by Crippen LogP contribution is 2.26. The number of hydrogen-bond donors (Lipinski definition) is 1. The Morgan fingerprint density at radius 1 is 1.10 bits per heavy atom. The van der Waals surface area contributed by atoms with Gasteiger partial charge >= 0.3 is 0 Å². The van der Waals surface area contributed by atoms with Gasteiger partial charge in [-0.1, -0.05) is 38.8 Å². The third-order valence-corrected chi connectivity index (χ3v) is 3.66. The molecule has 0 amide bonds. The summed E-state index contributed by atoms with van der Waals surface area (Å²) in [5, 5.41) is 11.6. The van der Waals surface area contributed by atoms with Crippen molar-refractivity contribution in [2.24, 2.45) is 0 Å². The van der Waals surface area contributed by atoms with Gasteiger partial charge in [0.2, 0.25) is 11.8 Å². The van der Waals surface area contributed by atoms with Crippen LogP contribution in [-0.4, -0.2) is 23.3 Å². The minimum absolute atomic E-state index is 0.559. The van der Waals surface area contributed by atoms with E-state index in [1.165, 1.54) is 0 Å². The van der Waals surface area contributed by atoms with Crippen LogP contribution in [0.2, 0.25) is 0 Å². The summed E-state index contributed by atoms with van der Waals surface area (Å²) in [6, 6.07) is 5.90. The molecule has 2 rings (SSSR count). The minimum atomic E-state index is 0.559. The van der Waals surface area contributed by atoms with E-state index < -0.39 is 0 Å². The van der Waals surface area contributed by atoms with Gasteiger partial charge in [0.15, 0.2) is 0 Å². The number of halogens is 2. The van der Waals surface area contributed by atoms with Crippen molar-refractivity contribution in [3.05, 3.63) is 33.0 Å². The molecule has 0 bridgehead atoms. The molecule has 4 nitrogen and oxygen atoms in total. The summed E-state index contributed by atoms with van der Waals surface area (Å²) in [6.07, 6.45) is 2.96. The van der Waals surface area contributed by atoms with E-state index in [9.17, 15) is 0 Å². The molecule has 108 valence electrons. The van der Waals surface area contributed by atoms with Gasteiger partial charge in [0.05, 0.1) is 0 Å². The summed E-state index contributed by atoms with van der Waals surface area (Å²) in [6.45, 7) is 4.20. The molecule has 0 saturated heterocycles. The van der Waals surface area contributed by atoms with Gasteiger partial charge in [0.25, 0.3) is 0 Å². The van der Waals surface area contributed by atoms with Gasteiger partial charge in [-0.3, -0.25) is 0 Å². The number of aromatic nitrogens is 2. The van der Waals surface area contributed by atoms with Crippen LogP contribution in [0.25, 0.3) is 11.5 Å². The lowest BCUT2D eigenvalue weighted by Gasteiger charge is -2.00. The molecule has 1 aromatic carbocycles. The number of rotatable bonds is 7. The Balaban J connectivity index is 1.94. The normalized spacial score (nSPS) is 10.9. The summed E-state index contributed by atoms with van der Waals surface area (Å²) < 4.78 is 7.65. The first-order valence-corrected chi connectivity index (χ1v) is 8.27. The van der Waals surface area contributed by atoms with E-state index in [4.69, 9.17) is 4.42 Å². The Morgan fingerprint density at radius 3 is 2.55 bits per heavy atom. The van der Waals surface area contributed by atoms with Crippen LogP contribution in [0.4, 0.5) is 0 Å². The molecule has 0 radical (unpaired) electrons. The van der Waals surface area contributed by atoms with Crippen molar-refractivity contribution in [1.82, 2.24) is 15.5 Å². The van der Waals surface area contributed by atoms with Crippen LogP contribution in [0.1, 0.15) is 25.7 Å². The van der Waals surface area contributed by atoms with Crippen molar-refractivity contribution in [2.75, 3.05) is 13.1 Å². The molecule has 0 fully saturated rings. The van der Waals surface area contributed by atoms with Crippen molar-refractivity contribution in [1.29, 1.82) is 0 Å². The maximum absolute atomic E-state index is 5.69. The quantitative estimate of drug-likeness (QED) is 0.705. The topological polar surface area (TPSA) is 51.0 Å². The Hall–Kier alpha value is -0.720. The lowest BCUT2D eigenvalue weighted by molar-refractivity contribution is 0.491. The third kappa shape index (κ3) is 4.68. The number of hydrogen-bond acceptors (Lipinski definition) is 4. The largest absolute Gasteiger partial charge is 0.421 e. The number of nitrogens with one attached hydrogen (secondary N) is 1. The SMILES string of the molecule is CCCNCCCc1nnc(-c2cc(Br)cc(Br)c2)o1. The molecule has 1 N–H and O–H groups in total. The first-order chi connectivity index (χ1) is 9.69. The predicted molar refractivity (Wildman–Crippen MR) is 86.6 cm³/mol. The molecule has 0 aliphatic heterocycles. The van der Waals surface area contributed by atoms with Crippen molar-refractivity contribution in [2.45, 2.75) is 26.2 Å². The fourth-order valence-electron chi connectivity index (χ4n) is 1.81. The maximum Gasteiger partial charge on any atom is 0.247 e. The van der Waals surface area contributed by atoms with E-state index >= 15 is 0 Å².